The fourth-order valence-electron chi connectivity index (χ4n) is 1.74. The van der Waals surface area contributed by atoms with E-state index in [-0.39, 0.29) is 5.75 Å². The van der Waals surface area contributed by atoms with Crippen LogP contribution in [0, 0.1) is 0 Å². The zero-order valence-corrected chi connectivity index (χ0v) is 12.4. The second-order valence-electron chi connectivity index (χ2n) is 4.31. The van der Waals surface area contributed by atoms with Crippen LogP contribution in [0.15, 0.2) is 57.9 Å². The number of nitrogens with zero attached hydrogens (tertiary/aromatic N) is 2. The molecule has 4 nitrogen and oxygen atoms in total. The van der Waals surface area contributed by atoms with E-state index in [0.717, 1.165) is 10.5 Å². The summed E-state index contributed by atoms with van der Waals surface area (Å²) in [6.07, 6.45) is 0. The number of hydrogen-bond donors (Lipinski definition) is 1. The molecule has 0 spiro atoms. The molecule has 1 N–H and O–H groups in total. The van der Waals surface area contributed by atoms with Gasteiger partial charge in [0.05, 0.1) is 5.75 Å². The predicted molar refractivity (Wildman–Crippen MR) is 82.4 cm³/mol. The number of rotatable bonds is 4. The molecular weight excluding hydrogens is 308 g/mol. The first-order valence-electron chi connectivity index (χ1n) is 6.21. The van der Waals surface area contributed by atoms with E-state index in [1.165, 1.54) is 0 Å². The second kappa shape index (κ2) is 6.20. The summed E-state index contributed by atoms with van der Waals surface area (Å²) in [5.74, 6) is 1.86. The lowest BCUT2D eigenvalue weighted by atomic mass is 10.2. The first-order valence-corrected chi connectivity index (χ1v) is 7.57. The minimum absolute atomic E-state index is 0.204. The van der Waals surface area contributed by atoms with Gasteiger partial charge in [-0.1, -0.05) is 22.8 Å². The maximum absolute atomic E-state index is 9.26. The molecule has 0 unspecified atom stereocenters. The third kappa shape index (κ3) is 3.56. The molecule has 0 amide bonds. The molecule has 0 fully saturated rings. The quantitative estimate of drug-likeness (QED) is 0.723. The Balaban J connectivity index is 1.69. The van der Waals surface area contributed by atoms with Gasteiger partial charge in [0.15, 0.2) is 5.82 Å². The molecule has 6 heteroatoms. The summed E-state index contributed by atoms with van der Waals surface area (Å²) < 4.78 is 5.22. The molecule has 0 radical (unpaired) electrons. The molecule has 0 aliphatic carbocycles. The van der Waals surface area contributed by atoms with Gasteiger partial charge >= 0.3 is 0 Å². The molecule has 0 atom stereocenters. The van der Waals surface area contributed by atoms with Crippen molar-refractivity contribution in [2.24, 2.45) is 0 Å². The normalized spacial score (nSPS) is 10.7. The topological polar surface area (TPSA) is 59.2 Å². The molecule has 1 aromatic heterocycles. The van der Waals surface area contributed by atoms with Gasteiger partial charge in [0, 0.05) is 15.5 Å². The highest BCUT2D eigenvalue weighted by molar-refractivity contribution is 7.98. The first-order chi connectivity index (χ1) is 10.2. The van der Waals surface area contributed by atoms with Gasteiger partial charge in [-0.2, -0.15) is 4.98 Å². The molecule has 106 valence electrons. The van der Waals surface area contributed by atoms with Crippen molar-refractivity contribution in [2.45, 2.75) is 10.6 Å². The largest absolute Gasteiger partial charge is 0.508 e. The molecule has 0 saturated carbocycles. The van der Waals surface area contributed by atoms with Gasteiger partial charge in [-0.05, 0) is 42.5 Å². The number of halogens is 1. The van der Waals surface area contributed by atoms with Crippen molar-refractivity contribution in [3.8, 4) is 17.2 Å². The standard InChI is InChI=1S/C15H11ClN2O2S/c16-11-2-1-3-13(8-11)21-9-14-17-15(20-18-14)10-4-6-12(19)7-5-10/h1-8,19H,9H2. The van der Waals surface area contributed by atoms with Crippen LogP contribution in [-0.2, 0) is 5.75 Å². The van der Waals surface area contributed by atoms with Gasteiger partial charge in [-0.25, -0.2) is 0 Å². The number of aromatic nitrogens is 2. The SMILES string of the molecule is Oc1ccc(-c2nc(CSc3cccc(Cl)c3)no2)cc1. The van der Waals surface area contributed by atoms with Crippen molar-refractivity contribution in [3.63, 3.8) is 0 Å². The van der Waals surface area contributed by atoms with Crippen molar-refractivity contribution < 1.29 is 9.63 Å². The van der Waals surface area contributed by atoms with Gasteiger partial charge in [0.25, 0.3) is 5.89 Å². The first kappa shape index (κ1) is 14.0. The smallest absolute Gasteiger partial charge is 0.257 e. The fourth-order valence-corrected chi connectivity index (χ4v) is 2.79. The number of benzene rings is 2. The number of phenols is 1. The number of thioether (sulfide) groups is 1. The van der Waals surface area contributed by atoms with Crippen LogP contribution in [0.1, 0.15) is 5.82 Å². The average Bonchev–Trinajstić information content (AvgIpc) is 2.95. The van der Waals surface area contributed by atoms with Crippen LogP contribution in [0.4, 0.5) is 0 Å². The molecule has 21 heavy (non-hydrogen) atoms. The van der Waals surface area contributed by atoms with E-state index in [9.17, 15) is 5.11 Å². The molecule has 3 aromatic rings. The summed E-state index contributed by atoms with van der Waals surface area (Å²) in [5, 5.41) is 13.9. The Labute approximate surface area is 130 Å². The van der Waals surface area contributed by atoms with E-state index < -0.39 is 0 Å². The highest BCUT2D eigenvalue weighted by Crippen LogP contribution is 2.26. The van der Waals surface area contributed by atoms with Crippen molar-refractivity contribution >= 4 is 23.4 Å². The third-order valence-electron chi connectivity index (χ3n) is 2.75. The van der Waals surface area contributed by atoms with Crippen LogP contribution < -0.4 is 0 Å². The number of hydrogen-bond acceptors (Lipinski definition) is 5. The van der Waals surface area contributed by atoms with Crippen LogP contribution in [0.5, 0.6) is 5.75 Å². The van der Waals surface area contributed by atoms with Crippen molar-refractivity contribution in [2.75, 3.05) is 0 Å². The lowest BCUT2D eigenvalue weighted by Crippen LogP contribution is -1.84. The van der Waals surface area contributed by atoms with Gasteiger partial charge in [-0.15, -0.1) is 11.8 Å². The van der Waals surface area contributed by atoms with Gasteiger partial charge in [-0.3, -0.25) is 0 Å². The van der Waals surface area contributed by atoms with E-state index in [0.29, 0.717) is 22.5 Å². The van der Waals surface area contributed by atoms with Gasteiger partial charge < -0.3 is 9.63 Å². The monoisotopic (exact) mass is 318 g/mol. The molecule has 0 bridgehead atoms. The van der Waals surface area contributed by atoms with Gasteiger partial charge in [0.1, 0.15) is 5.75 Å². The Bertz CT molecular complexity index is 743. The maximum Gasteiger partial charge on any atom is 0.257 e. The van der Waals surface area contributed by atoms with E-state index in [1.54, 1.807) is 36.0 Å². The third-order valence-corrected chi connectivity index (χ3v) is 3.97. The molecule has 1 heterocycles. The predicted octanol–water partition coefficient (Wildman–Crippen LogP) is 4.39. The highest BCUT2D eigenvalue weighted by Gasteiger charge is 2.09. The number of phenolic OH excluding ortho intramolecular Hbond substituents is 1. The highest BCUT2D eigenvalue weighted by atomic mass is 35.5. The average molecular weight is 319 g/mol. The van der Waals surface area contributed by atoms with E-state index >= 15 is 0 Å². The Hall–Kier alpha value is -1.98. The van der Waals surface area contributed by atoms with Crippen LogP contribution >= 0.6 is 23.4 Å². The van der Waals surface area contributed by atoms with Crippen molar-refractivity contribution in [3.05, 3.63) is 59.4 Å². The summed E-state index contributed by atoms with van der Waals surface area (Å²) in [5.41, 5.74) is 0.777. The minimum atomic E-state index is 0.204. The zero-order valence-electron chi connectivity index (χ0n) is 10.9. The molecule has 0 aliphatic rings. The van der Waals surface area contributed by atoms with Crippen LogP contribution in [0.3, 0.4) is 0 Å². The van der Waals surface area contributed by atoms with Crippen LogP contribution in [0.25, 0.3) is 11.5 Å². The summed E-state index contributed by atoms with van der Waals surface area (Å²) in [6, 6.07) is 14.3. The van der Waals surface area contributed by atoms with Gasteiger partial charge in [0.2, 0.25) is 0 Å². The Kier molecular flexibility index (Phi) is 4.13. The van der Waals surface area contributed by atoms with Crippen molar-refractivity contribution in [1.29, 1.82) is 0 Å². The van der Waals surface area contributed by atoms with Crippen LogP contribution in [-0.4, -0.2) is 15.2 Å². The van der Waals surface area contributed by atoms with E-state index in [4.69, 9.17) is 16.1 Å². The molecule has 0 aliphatic heterocycles. The Morgan fingerprint density at radius 3 is 2.71 bits per heavy atom. The summed E-state index contributed by atoms with van der Waals surface area (Å²) in [4.78, 5) is 5.39. The second-order valence-corrected chi connectivity index (χ2v) is 5.79. The minimum Gasteiger partial charge on any atom is -0.508 e. The zero-order chi connectivity index (χ0) is 14.7. The lowest BCUT2D eigenvalue weighted by Gasteiger charge is -1.98. The lowest BCUT2D eigenvalue weighted by molar-refractivity contribution is 0.425. The Morgan fingerprint density at radius 1 is 1.14 bits per heavy atom. The Morgan fingerprint density at radius 2 is 1.95 bits per heavy atom. The molecule has 3 rings (SSSR count). The summed E-state index contributed by atoms with van der Waals surface area (Å²) in [6.45, 7) is 0. The molecule has 2 aromatic carbocycles. The van der Waals surface area contributed by atoms with Crippen LogP contribution in [0.2, 0.25) is 5.02 Å². The van der Waals surface area contributed by atoms with Crippen molar-refractivity contribution in [1.82, 2.24) is 10.1 Å². The molecular formula is C15H11ClN2O2S. The summed E-state index contributed by atoms with van der Waals surface area (Å²) in [7, 11) is 0. The van der Waals surface area contributed by atoms with E-state index in [1.807, 2.05) is 24.3 Å². The maximum atomic E-state index is 9.26. The fraction of sp³-hybridized carbons (Fsp3) is 0.0667. The molecule has 0 saturated heterocycles. The van der Waals surface area contributed by atoms with E-state index in [2.05, 4.69) is 10.1 Å². The summed E-state index contributed by atoms with van der Waals surface area (Å²) >= 11 is 7.53. The number of aromatic hydroxyl groups is 1.